The van der Waals surface area contributed by atoms with Crippen molar-refractivity contribution in [2.45, 2.75) is 6.92 Å². The molecular formula is C19H17NO. The minimum atomic E-state index is 0.0305. The molecule has 2 nitrogen and oxygen atoms in total. The van der Waals surface area contributed by atoms with Gasteiger partial charge in [-0.25, -0.2) is 0 Å². The second-order valence-corrected chi connectivity index (χ2v) is 5.14. The van der Waals surface area contributed by atoms with Crippen molar-refractivity contribution < 1.29 is 4.79 Å². The second kappa shape index (κ2) is 5.41. The van der Waals surface area contributed by atoms with Crippen LogP contribution in [0, 0.1) is 6.92 Å². The molecule has 0 amide bonds. The predicted octanol–water partition coefficient (Wildman–Crippen LogP) is 4.38. The number of hydrogen-bond acceptors (Lipinski definition) is 1. The lowest BCUT2D eigenvalue weighted by Crippen LogP contribution is -1.93. The summed E-state index contributed by atoms with van der Waals surface area (Å²) in [5.41, 5.74) is 4.17. The monoisotopic (exact) mass is 275 g/mol. The van der Waals surface area contributed by atoms with Crippen LogP contribution in [0.4, 0.5) is 0 Å². The molecule has 0 fully saturated rings. The Labute approximate surface area is 124 Å². The van der Waals surface area contributed by atoms with E-state index in [2.05, 4.69) is 23.6 Å². The summed E-state index contributed by atoms with van der Waals surface area (Å²) in [7, 11) is 2.05. The third kappa shape index (κ3) is 2.40. The Bertz CT molecular complexity index is 825. The zero-order chi connectivity index (χ0) is 14.8. The molecule has 104 valence electrons. The topological polar surface area (TPSA) is 22.0 Å². The van der Waals surface area contributed by atoms with E-state index in [9.17, 15) is 4.79 Å². The van der Waals surface area contributed by atoms with Crippen LogP contribution in [0.5, 0.6) is 0 Å². The van der Waals surface area contributed by atoms with Gasteiger partial charge in [-0.3, -0.25) is 4.79 Å². The molecule has 21 heavy (non-hydrogen) atoms. The first-order valence-electron chi connectivity index (χ1n) is 7.00. The molecule has 0 unspecified atom stereocenters. The maximum absolute atomic E-state index is 12.2. The summed E-state index contributed by atoms with van der Waals surface area (Å²) >= 11 is 0. The summed E-state index contributed by atoms with van der Waals surface area (Å²) in [5.74, 6) is 0.0305. The van der Waals surface area contributed by atoms with E-state index in [4.69, 9.17) is 0 Å². The highest BCUT2D eigenvalue weighted by atomic mass is 16.1. The normalized spacial score (nSPS) is 11.3. The molecule has 0 spiro atoms. The van der Waals surface area contributed by atoms with Gasteiger partial charge in [0.1, 0.15) is 0 Å². The van der Waals surface area contributed by atoms with Crippen LogP contribution in [0.2, 0.25) is 0 Å². The number of rotatable bonds is 3. The van der Waals surface area contributed by atoms with Gasteiger partial charge in [-0.2, -0.15) is 0 Å². The van der Waals surface area contributed by atoms with Gasteiger partial charge in [0.15, 0.2) is 5.78 Å². The maximum atomic E-state index is 12.2. The van der Waals surface area contributed by atoms with E-state index in [0.29, 0.717) is 5.56 Å². The molecule has 1 aromatic heterocycles. The number of ketones is 1. The van der Waals surface area contributed by atoms with Crippen molar-refractivity contribution in [1.29, 1.82) is 0 Å². The minimum Gasteiger partial charge on any atom is -0.347 e. The quantitative estimate of drug-likeness (QED) is 0.513. The van der Waals surface area contributed by atoms with Crippen LogP contribution in [-0.4, -0.2) is 10.4 Å². The summed E-state index contributed by atoms with van der Waals surface area (Å²) in [6, 6.07) is 17.6. The molecule has 0 saturated heterocycles. The lowest BCUT2D eigenvalue weighted by molar-refractivity contribution is 0.104. The summed E-state index contributed by atoms with van der Waals surface area (Å²) in [6.07, 6.45) is 3.58. The molecule has 0 aliphatic heterocycles. The third-order valence-electron chi connectivity index (χ3n) is 3.91. The third-order valence-corrected chi connectivity index (χ3v) is 3.91. The van der Waals surface area contributed by atoms with Gasteiger partial charge in [0.25, 0.3) is 0 Å². The van der Waals surface area contributed by atoms with Crippen molar-refractivity contribution in [2.75, 3.05) is 0 Å². The molecule has 0 aliphatic carbocycles. The summed E-state index contributed by atoms with van der Waals surface area (Å²) in [4.78, 5) is 12.2. The Morgan fingerprint density at radius 1 is 1.00 bits per heavy atom. The van der Waals surface area contributed by atoms with E-state index in [1.54, 1.807) is 6.08 Å². The van der Waals surface area contributed by atoms with E-state index < -0.39 is 0 Å². The van der Waals surface area contributed by atoms with E-state index in [1.165, 1.54) is 10.9 Å². The van der Waals surface area contributed by atoms with Gasteiger partial charge in [-0.1, -0.05) is 48.5 Å². The minimum absolute atomic E-state index is 0.0305. The molecule has 0 saturated carbocycles. The first-order valence-corrected chi connectivity index (χ1v) is 7.00. The number of benzene rings is 2. The van der Waals surface area contributed by atoms with Crippen LogP contribution in [0.25, 0.3) is 17.0 Å². The fourth-order valence-corrected chi connectivity index (χ4v) is 2.62. The number of carbonyl (C=O) groups excluding carboxylic acids is 1. The highest BCUT2D eigenvalue weighted by molar-refractivity contribution is 6.08. The maximum Gasteiger partial charge on any atom is 0.185 e. The molecule has 0 atom stereocenters. The van der Waals surface area contributed by atoms with Gasteiger partial charge in [0, 0.05) is 34.8 Å². The van der Waals surface area contributed by atoms with Crippen LogP contribution < -0.4 is 0 Å². The van der Waals surface area contributed by atoms with Crippen LogP contribution in [0.1, 0.15) is 21.6 Å². The van der Waals surface area contributed by atoms with Crippen LogP contribution in [0.3, 0.4) is 0 Å². The van der Waals surface area contributed by atoms with E-state index in [0.717, 1.165) is 11.3 Å². The van der Waals surface area contributed by atoms with Gasteiger partial charge < -0.3 is 4.57 Å². The largest absolute Gasteiger partial charge is 0.347 e. The van der Waals surface area contributed by atoms with Crippen molar-refractivity contribution in [2.24, 2.45) is 7.05 Å². The Kier molecular flexibility index (Phi) is 3.44. The number of hydrogen-bond donors (Lipinski definition) is 0. The Balaban J connectivity index is 2.01. The number of allylic oxidation sites excluding steroid dienone is 1. The molecule has 1 heterocycles. The first-order chi connectivity index (χ1) is 10.2. The molecule has 0 bridgehead atoms. The fraction of sp³-hybridized carbons (Fsp3) is 0.105. The zero-order valence-corrected chi connectivity index (χ0v) is 12.2. The highest BCUT2D eigenvalue weighted by Crippen LogP contribution is 2.25. The summed E-state index contributed by atoms with van der Waals surface area (Å²) in [5, 5.41) is 1.18. The van der Waals surface area contributed by atoms with Gasteiger partial charge in [-0.15, -0.1) is 0 Å². The Hall–Kier alpha value is -2.61. The lowest BCUT2D eigenvalue weighted by Gasteiger charge is -1.98. The molecular weight excluding hydrogens is 258 g/mol. The average molecular weight is 275 g/mol. The lowest BCUT2D eigenvalue weighted by atomic mass is 10.1. The zero-order valence-electron chi connectivity index (χ0n) is 12.2. The Morgan fingerprint density at radius 3 is 2.43 bits per heavy atom. The van der Waals surface area contributed by atoms with Gasteiger partial charge in [0.05, 0.1) is 0 Å². The first kappa shape index (κ1) is 13.4. The molecule has 2 aromatic carbocycles. The smallest absolute Gasteiger partial charge is 0.185 e. The standard InChI is InChI=1S/C19H17NO/c1-14-16(17-10-6-7-11-18(17)20(14)2)12-13-19(21)15-8-4-3-5-9-15/h3-13H,1-2H3. The summed E-state index contributed by atoms with van der Waals surface area (Å²) in [6.45, 7) is 2.08. The van der Waals surface area contributed by atoms with Gasteiger partial charge in [-0.05, 0) is 25.1 Å². The number of para-hydroxylation sites is 1. The number of nitrogens with zero attached hydrogens (tertiary/aromatic N) is 1. The van der Waals surface area contributed by atoms with Crippen molar-refractivity contribution in [3.05, 3.63) is 77.5 Å². The SMILES string of the molecule is Cc1c(C=CC(=O)c2ccccc2)c2ccccc2n1C. The molecule has 0 N–H and O–H groups in total. The van der Waals surface area contributed by atoms with Crippen LogP contribution in [0.15, 0.2) is 60.7 Å². The molecule has 0 radical (unpaired) electrons. The fourth-order valence-electron chi connectivity index (χ4n) is 2.62. The van der Waals surface area contributed by atoms with E-state index in [-0.39, 0.29) is 5.78 Å². The van der Waals surface area contributed by atoms with E-state index in [1.807, 2.05) is 55.6 Å². The number of carbonyl (C=O) groups is 1. The number of aromatic nitrogens is 1. The average Bonchev–Trinajstić information content (AvgIpc) is 2.78. The van der Waals surface area contributed by atoms with Crippen LogP contribution in [-0.2, 0) is 7.05 Å². The predicted molar refractivity (Wildman–Crippen MR) is 87.5 cm³/mol. The van der Waals surface area contributed by atoms with E-state index >= 15 is 0 Å². The highest BCUT2D eigenvalue weighted by Gasteiger charge is 2.09. The van der Waals surface area contributed by atoms with Crippen LogP contribution >= 0.6 is 0 Å². The number of aryl methyl sites for hydroxylation is 1. The van der Waals surface area contributed by atoms with Crippen molar-refractivity contribution in [3.63, 3.8) is 0 Å². The number of fused-ring (bicyclic) bond motifs is 1. The van der Waals surface area contributed by atoms with Crippen molar-refractivity contribution >= 4 is 22.8 Å². The van der Waals surface area contributed by atoms with Gasteiger partial charge >= 0.3 is 0 Å². The van der Waals surface area contributed by atoms with Crippen molar-refractivity contribution in [3.8, 4) is 0 Å². The molecule has 2 heteroatoms. The summed E-state index contributed by atoms with van der Waals surface area (Å²) < 4.78 is 2.15. The van der Waals surface area contributed by atoms with Crippen molar-refractivity contribution in [1.82, 2.24) is 4.57 Å². The molecule has 0 aliphatic rings. The second-order valence-electron chi connectivity index (χ2n) is 5.14. The Morgan fingerprint density at radius 2 is 1.67 bits per heavy atom. The van der Waals surface area contributed by atoms with Gasteiger partial charge in [0.2, 0.25) is 0 Å². The molecule has 3 aromatic rings. The molecule has 3 rings (SSSR count).